The van der Waals surface area contributed by atoms with E-state index in [4.69, 9.17) is 0 Å². The van der Waals surface area contributed by atoms with E-state index >= 15 is 0 Å². The van der Waals surface area contributed by atoms with Crippen LogP contribution in [0.15, 0.2) is 91.0 Å². The van der Waals surface area contributed by atoms with E-state index in [0.717, 1.165) is 11.8 Å². The molecule has 0 aliphatic carbocycles. The number of carbonyl (C=O) groups excluding carboxylic acids is 1. The smallest absolute Gasteiger partial charge is 0.159 e. The van der Waals surface area contributed by atoms with E-state index in [1.807, 2.05) is 91.0 Å². The Balaban J connectivity index is 2.34. The lowest BCUT2D eigenvalue weighted by molar-refractivity contribution is -0.109. The first-order chi connectivity index (χ1) is 11.6. The highest BCUT2D eigenvalue weighted by molar-refractivity contribution is 7.80. The molecule has 2 nitrogen and oxygen atoms in total. The topological polar surface area (TPSA) is 34.1 Å². The number of carbonyl (C=O) groups is 1. The number of rotatable bonds is 5. The Morgan fingerprint density at radius 3 is 1.46 bits per heavy atom. The van der Waals surface area contributed by atoms with Gasteiger partial charge in [-0.15, -0.1) is 0 Å². The van der Waals surface area contributed by atoms with Crippen LogP contribution in [-0.4, -0.2) is 6.29 Å². The van der Waals surface area contributed by atoms with Gasteiger partial charge in [0.25, 0.3) is 0 Å². The molecule has 120 valence electrons. The quantitative estimate of drug-likeness (QED) is 0.520. The zero-order valence-corrected chi connectivity index (χ0v) is 14.4. The van der Waals surface area contributed by atoms with Gasteiger partial charge >= 0.3 is 0 Å². The summed E-state index contributed by atoms with van der Waals surface area (Å²) < 4.78 is 14.4. The van der Waals surface area contributed by atoms with E-state index < -0.39 is 12.3 Å². The molecule has 1 atom stereocenters. The first-order valence-electron chi connectivity index (χ1n) is 7.86. The van der Waals surface area contributed by atoms with Gasteiger partial charge in [0.05, 0.1) is 0 Å². The molecule has 0 saturated carbocycles. The lowest BCUT2D eigenvalue weighted by Gasteiger charge is -2.34. The fourth-order valence-corrected chi connectivity index (χ4v) is 6.28. The maximum atomic E-state index is 14.4. The van der Waals surface area contributed by atoms with Gasteiger partial charge in [0.15, 0.2) is 7.14 Å². The third-order valence-corrected chi connectivity index (χ3v) is 8.20. The van der Waals surface area contributed by atoms with Crippen molar-refractivity contribution in [1.82, 2.24) is 0 Å². The van der Waals surface area contributed by atoms with Crippen molar-refractivity contribution in [3.8, 4) is 0 Å². The molecular formula is C21H19O2P. The van der Waals surface area contributed by atoms with Crippen LogP contribution in [0.2, 0.25) is 0 Å². The van der Waals surface area contributed by atoms with Crippen molar-refractivity contribution >= 4 is 24.0 Å². The number of hydrogen-bond donors (Lipinski definition) is 0. The van der Waals surface area contributed by atoms with Crippen LogP contribution in [0.4, 0.5) is 0 Å². The Morgan fingerprint density at radius 2 is 1.08 bits per heavy atom. The van der Waals surface area contributed by atoms with Crippen molar-refractivity contribution in [1.29, 1.82) is 0 Å². The van der Waals surface area contributed by atoms with Crippen molar-refractivity contribution in [3.63, 3.8) is 0 Å². The van der Waals surface area contributed by atoms with Crippen LogP contribution in [0.5, 0.6) is 0 Å². The van der Waals surface area contributed by atoms with Gasteiger partial charge in [-0.3, -0.25) is 0 Å². The zero-order valence-electron chi connectivity index (χ0n) is 13.5. The van der Waals surface area contributed by atoms with Gasteiger partial charge in [-0.2, -0.15) is 0 Å². The molecular weight excluding hydrogens is 315 g/mol. The molecule has 0 radical (unpaired) electrons. The molecule has 3 heteroatoms. The molecule has 0 fully saturated rings. The summed E-state index contributed by atoms with van der Waals surface area (Å²) in [6, 6.07) is 28.0. The Bertz CT molecular complexity index is 817. The van der Waals surface area contributed by atoms with Crippen LogP contribution < -0.4 is 10.6 Å². The lowest BCUT2D eigenvalue weighted by atomic mass is 10.0. The van der Waals surface area contributed by atoms with E-state index in [2.05, 4.69) is 0 Å². The van der Waals surface area contributed by atoms with Gasteiger partial charge in [0, 0.05) is 10.6 Å². The Hall–Kier alpha value is -2.44. The van der Waals surface area contributed by atoms with Crippen LogP contribution >= 0.6 is 7.14 Å². The molecule has 0 heterocycles. The first kappa shape index (κ1) is 16.4. The monoisotopic (exact) mass is 334 g/mol. The fraction of sp³-hybridized carbons (Fsp3) is 0.0952. The Morgan fingerprint density at radius 1 is 0.708 bits per heavy atom. The van der Waals surface area contributed by atoms with Gasteiger partial charge in [-0.25, -0.2) is 0 Å². The van der Waals surface area contributed by atoms with Crippen LogP contribution in [0, 0.1) is 0 Å². The lowest BCUT2D eigenvalue weighted by Crippen LogP contribution is -2.35. The van der Waals surface area contributed by atoms with Gasteiger partial charge in [0.2, 0.25) is 0 Å². The minimum absolute atomic E-state index is 0.689. The molecule has 3 rings (SSSR count). The number of benzene rings is 3. The van der Waals surface area contributed by atoms with Gasteiger partial charge in [0.1, 0.15) is 11.4 Å². The van der Waals surface area contributed by atoms with E-state index in [1.54, 1.807) is 6.92 Å². The van der Waals surface area contributed by atoms with Gasteiger partial charge in [-0.05, 0) is 12.5 Å². The summed E-state index contributed by atoms with van der Waals surface area (Å²) in [7, 11) is -3.24. The summed E-state index contributed by atoms with van der Waals surface area (Å²) in [5, 5.41) is 0.251. The van der Waals surface area contributed by atoms with Gasteiger partial charge in [-0.1, -0.05) is 91.0 Å². The largest absolute Gasteiger partial charge is 0.312 e. The molecule has 0 bridgehead atoms. The average molecular weight is 334 g/mol. The summed E-state index contributed by atoms with van der Waals surface area (Å²) in [4.78, 5) is 12.2. The van der Waals surface area contributed by atoms with Crippen molar-refractivity contribution in [2.75, 3.05) is 0 Å². The van der Waals surface area contributed by atoms with Crippen LogP contribution in [0.25, 0.3) is 0 Å². The minimum Gasteiger partial charge on any atom is -0.312 e. The van der Waals surface area contributed by atoms with E-state index in [9.17, 15) is 9.36 Å². The third-order valence-electron chi connectivity index (χ3n) is 4.48. The maximum Gasteiger partial charge on any atom is 0.159 e. The molecule has 24 heavy (non-hydrogen) atoms. The standard InChI is InChI=1S/C21H19O2P/c1-21(17-22,18-11-5-2-6-12-18)24(23,19-13-7-3-8-14-19)20-15-9-4-10-16-20/h2-17H,1H3/t21-/m1/s1. The highest BCUT2D eigenvalue weighted by Gasteiger charge is 2.48. The first-order valence-corrected chi connectivity index (χ1v) is 9.57. The Kier molecular flexibility index (Phi) is 4.51. The molecule has 0 unspecified atom stereocenters. The summed E-state index contributed by atoms with van der Waals surface area (Å²) in [5.41, 5.74) is 0.760. The van der Waals surface area contributed by atoms with Crippen LogP contribution in [0.1, 0.15) is 12.5 Å². The van der Waals surface area contributed by atoms with E-state index in [1.165, 1.54) is 0 Å². The predicted octanol–water partition coefficient (Wildman–Crippen LogP) is 4.11. The SMILES string of the molecule is C[C@@](C=O)(c1ccccc1)P(=O)(c1ccccc1)c1ccccc1. The van der Waals surface area contributed by atoms with Gasteiger partial charge < -0.3 is 9.36 Å². The number of hydrogen-bond acceptors (Lipinski definition) is 2. The molecule has 0 amide bonds. The summed E-state index contributed by atoms with van der Waals surface area (Å²) >= 11 is 0. The van der Waals surface area contributed by atoms with Crippen LogP contribution in [0.3, 0.4) is 0 Å². The summed E-state index contributed by atoms with van der Waals surface area (Å²) in [6.45, 7) is 1.77. The second-order valence-corrected chi connectivity index (χ2v) is 9.09. The normalized spacial score (nSPS) is 13.9. The maximum absolute atomic E-state index is 14.4. The van der Waals surface area contributed by atoms with Crippen molar-refractivity contribution < 1.29 is 9.36 Å². The van der Waals surface area contributed by atoms with Crippen LogP contribution in [-0.2, 0) is 14.5 Å². The minimum atomic E-state index is -3.24. The van der Waals surface area contributed by atoms with Crippen molar-refractivity contribution in [2.24, 2.45) is 0 Å². The summed E-state index contributed by atoms with van der Waals surface area (Å²) in [5.74, 6) is 0. The molecule has 0 spiro atoms. The van der Waals surface area contributed by atoms with Crippen molar-refractivity contribution in [3.05, 3.63) is 96.6 Å². The molecule has 0 N–H and O–H groups in total. The fourth-order valence-electron chi connectivity index (χ4n) is 3.06. The van der Waals surface area contributed by atoms with E-state index in [0.29, 0.717) is 10.6 Å². The number of aldehydes is 1. The predicted molar refractivity (Wildman–Crippen MR) is 99.6 cm³/mol. The van der Waals surface area contributed by atoms with Crippen molar-refractivity contribution in [2.45, 2.75) is 12.1 Å². The third kappa shape index (κ3) is 2.53. The summed E-state index contributed by atoms with van der Waals surface area (Å²) in [6.07, 6.45) is 0.836. The van der Waals surface area contributed by atoms with E-state index in [-0.39, 0.29) is 0 Å². The molecule has 3 aromatic rings. The second kappa shape index (κ2) is 6.59. The molecule has 0 aliphatic rings. The highest BCUT2D eigenvalue weighted by Crippen LogP contribution is 2.60. The zero-order chi connectivity index (χ0) is 17.0. The molecule has 3 aromatic carbocycles. The second-order valence-electron chi connectivity index (χ2n) is 5.91. The molecule has 0 aliphatic heterocycles. The molecule has 0 aromatic heterocycles. The Labute approximate surface area is 142 Å². The highest BCUT2D eigenvalue weighted by atomic mass is 31.2. The molecule has 0 saturated heterocycles. The average Bonchev–Trinajstić information content (AvgIpc) is 2.68.